The number of ether oxygens (including phenoxy) is 1. The summed E-state index contributed by atoms with van der Waals surface area (Å²) >= 11 is 6.20. The fraction of sp³-hybridized carbons (Fsp3) is 0.412. The zero-order valence-corrected chi connectivity index (χ0v) is 13.9. The van der Waals surface area contributed by atoms with Gasteiger partial charge in [-0.3, -0.25) is 4.79 Å². The zero-order chi connectivity index (χ0) is 16.2. The van der Waals surface area contributed by atoms with Gasteiger partial charge in [0.05, 0.1) is 11.9 Å². The van der Waals surface area contributed by atoms with Crippen LogP contribution >= 0.6 is 11.6 Å². The predicted molar refractivity (Wildman–Crippen MR) is 89.1 cm³/mol. The van der Waals surface area contributed by atoms with Crippen molar-refractivity contribution >= 4 is 17.5 Å². The van der Waals surface area contributed by atoms with E-state index in [4.69, 9.17) is 16.3 Å². The van der Waals surface area contributed by atoms with Crippen LogP contribution < -0.4 is 4.74 Å². The van der Waals surface area contributed by atoms with Crippen molar-refractivity contribution < 1.29 is 9.53 Å². The van der Waals surface area contributed by atoms with E-state index in [1.165, 1.54) is 6.42 Å². The molecule has 6 heteroatoms. The van der Waals surface area contributed by atoms with Gasteiger partial charge in [-0.05, 0) is 38.3 Å². The number of para-hydroxylation sites is 1. The van der Waals surface area contributed by atoms with Gasteiger partial charge in [-0.15, -0.1) is 5.10 Å². The lowest BCUT2D eigenvalue weighted by Gasteiger charge is -2.28. The molecule has 0 unspecified atom stereocenters. The summed E-state index contributed by atoms with van der Waals surface area (Å²) < 4.78 is 7.36. The Bertz CT molecular complexity index is 666. The lowest BCUT2D eigenvalue weighted by molar-refractivity contribution is -0.138. The molecule has 1 aliphatic rings. The fourth-order valence-corrected chi connectivity index (χ4v) is 2.89. The van der Waals surface area contributed by atoms with Crippen LogP contribution in [0.2, 0.25) is 5.02 Å². The number of hydrogen-bond acceptors (Lipinski definition) is 3. The van der Waals surface area contributed by atoms with Crippen LogP contribution in [0.15, 0.2) is 36.5 Å². The molecule has 0 N–H and O–H groups in total. The van der Waals surface area contributed by atoms with Gasteiger partial charge < -0.3 is 9.64 Å². The molecule has 0 radical (unpaired) electrons. The molecule has 122 valence electrons. The normalized spacial score (nSPS) is 16.2. The van der Waals surface area contributed by atoms with Gasteiger partial charge in [0.2, 0.25) is 0 Å². The van der Waals surface area contributed by atoms with E-state index in [-0.39, 0.29) is 11.8 Å². The monoisotopic (exact) mass is 333 g/mol. The van der Waals surface area contributed by atoms with Crippen LogP contribution in [0.25, 0.3) is 5.69 Å². The number of likely N-dealkylation sites (tertiary alicyclic amines) is 1. The topological polar surface area (TPSA) is 47.4 Å². The molecule has 1 atom stereocenters. The number of benzene rings is 1. The third-order valence-corrected chi connectivity index (χ3v) is 4.22. The summed E-state index contributed by atoms with van der Waals surface area (Å²) in [4.78, 5) is 14.3. The quantitative estimate of drug-likeness (QED) is 0.862. The summed E-state index contributed by atoms with van der Waals surface area (Å²) in [6.07, 6.45) is 4.39. The molecule has 2 heterocycles. The van der Waals surface area contributed by atoms with Crippen molar-refractivity contribution in [1.82, 2.24) is 14.7 Å². The Balaban J connectivity index is 1.70. The van der Waals surface area contributed by atoms with E-state index in [1.54, 1.807) is 17.8 Å². The maximum Gasteiger partial charge on any atom is 0.263 e. The molecule has 5 nitrogen and oxygen atoms in total. The Morgan fingerprint density at radius 2 is 1.91 bits per heavy atom. The van der Waals surface area contributed by atoms with Crippen LogP contribution in [0.4, 0.5) is 0 Å². The lowest BCUT2D eigenvalue weighted by atomic mass is 10.1. The van der Waals surface area contributed by atoms with E-state index < -0.39 is 6.10 Å². The summed E-state index contributed by atoms with van der Waals surface area (Å²) in [5, 5.41) is 4.73. The Morgan fingerprint density at radius 3 is 2.61 bits per heavy atom. The Morgan fingerprint density at radius 1 is 1.22 bits per heavy atom. The van der Waals surface area contributed by atoms with Gasteiger partial charge in [-0.2, -0.15) is 0 Å². The van der Waals surface area contributed by atoms with E-state index in [1.807, 2.05) is 35.2 Å². The van der Waals surface area contributed by atoms with E-state index in [0.717, 1.165) is 31.6 Å². The van der Waals surface area contributed by atoms with E-state index >= 15 is 0 Å². The molecule has 1 aliphatic heterocycles. The summed E-state index contributed by atoms with van der Waals surface area (Å²) in [7, 11) is 0. The standard InChI is InChI=1S/C17H20ClN3O2/c1-13(17(22)20-10-6-3-7-11-20)23-16-15(18)12-21(19-16)14-8-4-2-5-9-14/h2,4-5,8-9,12-13H,3,6-7,10-11H2,1H3/t13-/m0/s1. The smallest absolute Gasteiger partial charge is 0.263 e. The minimum atomic E-state index is -0.593. The molecule has 1 saturated heterocycles. The van der Waals surface area contributed by atoms with E-state index in [0.29, 0.717) is 5.02 Å². The molecular formula is C17H20ClN3O2. The molecule has 0 saturated carbocycles. The number of aromatic nitrogens is 2. The first-order valence-electron chi connectivity index (χ1n) is 7.91. The third kappa shape index (κ3) is 3.67. The molecule has 2 aromatic rings. The maximum absolute atomic E-state index is 12.4. The van der Waals surface area contributed by atoms with E-state index in [2.05, 4.69) is 5.10 Å². The van der Waals surface area contributed by atoms with Gasteiger partial charge in [0.1, 0.15) is 5.02 Å². The first kappa shape index (κ1) is 15.9. The number of amides is 1. The van der Waals surface area contributed by atoms with Crippen molar-refractivity contribution in [3.8, 4) is 11.6 Å². The lowest BCUT2D eigenvalue weighted by Crippen LogP contribution is -2.43. The summed E-state index contributed by atoms with van der Waals surface area (Å²) in [5.74, 6) is 0.281. The molecule has 0 aliphatic carbocycles. The van der Waals surface area contributed by atoms with Crippen molar-refractivity contribution in [2.45, 2.75) is 32.3 Å². The minimum Gasteiger partial charge on any atom is -0.462 e. The summed E-state index contributed by atoms with van der Waals surface area (Å²) in [6, 6.07) is 9.64. The van der Waals surface area contributed by atoms with Gasteiger partial charge in [-0.25, -0.2) is 4.68 Å². The van der Waals surface area contributed by atoms with Crippen LogP contribution in [0.1, 0.15) is 26.2 Å². The van der Waals surface area contributed by atoms with Crippen molar-refractivity contribution in [3.05, 3.63) is 41.6 Å². The van der Waals surface area contributed by atoms with Gasteiger partial charge in [-0.1, -0.05) is 29.8 Å². The van der Waals surface area contributed by atoms with Gasteiger partial charge >= 0.3 is 0 Å². The predicted octanol–water partition coefficient (Wildman–Crippen LogP) is 3.31. The first-order valence-corrected chi connectivity index (χ1v) is 8.29. The van der Waals surface area contributed by atoms with Crippen LogP contribution in [0.3, 0.4) is 0 Å². The van der Waals surface area contributed by atoms with Crippen LogP contribution in [0.5, 0.6) is 5.88 Å². The third-order valence-electron chi connectivity index (χ3n) is 3.96. The minimum absolute atomic E-state index is 0.00460. The molecule has 1 aromatic heterocycles. The highest BCUT2D eigenvalue weighted by Gasteiger charge is 2.25. The largest absolute Gasteiger partial charge is 0.462 e. The van der Waals surface area contributed by atoms with Crippen molar-refractivity contribution in [1.29, 1.82) is 0 Å². The van der Waals surface area contributed by atoms with Gasteiger partial charge in [0, 0.05) is 13.1 Å². The Hall–Kier alpha value is -2.01. The first-order chi connectivity index (χ1) is 11.1. The maximum atomic E-state index is 12.4. The van der Waals surface area contributed by atoms with Gasteiger partial charge in [0.15, 0.2) is 6.10 Å². The van der Waals surface area contributed by atoms with Crippen LogP contribution in [0, 0.1) is 0 Å². The zero-order valence-electron chi connectivity index (χ0n) is 13.1. The number of nitrogens with zero attached hydrogens (tertiary/aromatic N) is 3. The summed E-state index contributed by atoms with van der Waals surface area (Å²) in [5.41, 5.74) is 0.888. The molecule has 0 spiro atoms. The average Bonchev–Trinajstić information content (AvgIpc) is 2.96. The molecule has 1 aromatic carbocycles. The molecule has 1 fully saturated rings. The molecule has 23 heavy (non-hydrogen) atoms. The number of rotatable bonds is 4. The highest BCUT2D eigenvalue weighted by Crippen LogP contribution is 2.25. The molecule has 1 amide bonds. The van der Waals surface area contributed by atoms with Gasteiger partial charge in [0.25, 0.3) is 11.8 Å². The summed E-state index contributed by atoms with van der Waals surface area (Å²) in [6.45, 7) is 3.35. The SMILES string of the molecule is C[C@H](Oc1nn(-c2ccccc2)cc1Cl)C(=O)N1CCCCC1. The van der Waals surface area contributed by atoms with Crippen molar-refractivity contribution in [3.63, 3.8) is 0 Å². The van der Waals surface area contributed by atoms with Crippen molar-refractivity contribution in [2.24, 2.45) is 0 Å². The molecular weight excluding hydrogens is 314 g/mol. The van der Waals surface area contributed by atoms with Crippen molar-refractivity contribution in [2.75, 3.05) is 13.1 Å². The van der Waals surface area contributed by atoms with Crippen LogP contribution in [-0.2, 0) is 4.79 Å². The average molecular weight is 334 g/mol. The highest BCUT2D eigenvalue weighted by atomic mass is 35.5. The second-order valence-electron chi connectivity index (χ2n) is 5.71. The number of piperidine rings is 1. The Labute approximate surface area is 140 Å². The van der Waals surface area contributed by atoms with Crippen LogP contribution in [-0.4, -0.2) is 39.8 Å². The number of hydrogen-bond donors (Lipinski definition) is 0. The second-order valence-corrected chi connectivity index (χ2v) is 6.12. The fourth-order valence-electron chi connectivity index (χ4n) is 2.72. The number of carbonyl (C=O) groups excluding carboxylic acids is 1. The molecule has 3 rings (SSSR count). The van der Waals surface area contributed by atoms with E-state index in [9.17, 15) is 4.79 Å². The number of halogens is 1. The number of carbonyl (C=O) groups is 1. The second kappa shape index (κ2) is 7.04. The Kier molecular flexibility index (Phi) is 4.86. The molecule has 0 bridgehead atoms. The highest BCUT2D eigenvalue weighted by molar-refractivity contribution is 6.31.